The van der Waals surface area contributed by atoms with Gasteiger partial charge in [0.2, 0.25) is 0 Å². The average Bonchev–Trinajstić information content (AvgIpc) is 2.57. The van der Waals surface area contributed by atoms with Gasteiger partial charge in [-0.25, -0.2) is 0 Å². The number of hydrogen-bond donors (Lipinski definition) is 1. The first-order chi connectivity index (χ1) is 9.08. The Morgan fingerprint density at radius 1 is 1.37 bits per heavy atom. The van der Waals surface area contributed by atoms with E-state index in [2.05, 4.69) is 60.2 Å². The van der Waals surface area contributed by atoms with Gasteiger partial charge in [-0.2, -0.15) is 0 Å². The molecule has 1 aromatic carbocycles. The molecule has 1 heterocycles. The molecule has 0 saturated carbocycles. The van der Waals surface area contributed by atoms with E-state index in [4.69, 9.17) is 4.74 Å². The monoisotopic (exact) mass is 325 g/mol. The second-order valence-corrected chi connectivity index (χ2v) is 6.77. The van der Waals surface area contributed by atoms with Crippen molar-refractivity contribution in [1.82, 2.24) is 5.32 Å². The highest BCUT2D eigenvalue weighted by atomic mass is 79.9. The first-order valence-corrected chi connectivity index (χ1v) is 8.03. The summed E-state index contributed by atoms with van der Waals surface area (Å²) in [5.74, 6) is 2.45. The zero-order valence-electron chi connectivity index (χ0n) is 12.1. The van der Waals surface area contributed by atoms with E-state index in [1.54, 1.807) is 0 Å². The van der Waals surface area contributed by atoms with Gasteiger partial charge in [0.05, 0.1) is 6.61 Å². The lowest BCUT2D eigenvalue weighted by Gasteiger charge is -2.23. The molecule has 1 N–H and O–H groups in total. The smallest absolute Gasteiger partial charge is 0.125 e. The third kappa shape index (κ3) is 3.96. The molecule has 2 unspecified atom stereocenters. The molecule has 0 radical (unpaired) electrons. The van der Waals surface area contributed by atoms with Crippen molar-refractivity contribution in [3.63, 3.8) is 0 Å². The van der Waals surface area contributed by atoms with Crippen molar-refractivity contribution < 1.29 is 4.74 Å². The van der Waals surface area contributed by atoms with Gasteiger partial charge in [0, 0.05) is 16.1 Å². The molecule has 1 aromatic rings. The average molecular weight is 326 g/mol. The lowest BCUT2D eigenvalue weighted by molar-refractivity contribution is 0.313. The Labute approximate surface area is 125 Å². The first kappa shape index (κ1) is 14.9. The van der Waals surface area contributed by atoms with Crippen LogP contribution < -0.4 is 10.1 Å². The minimum Gasteiger partial charge on any atom is -0.493 e. The molecule has 2 rings (SSSR count). The number of rotatable bonds is 4. The van der Waals surface area contributed by atoms with Crippen LogP contribution in [0.15, 0.2) is 22.7 Å². The second kappa shape index (κ2) is 6.76. The first-order valence-electron chi connectivity index (χ1n) is 7.23. The maximum atomic E-state index is 5.84. The molecule has 0 saturated heterocycles. The number of hydrogen-bond acceptors (Lipinski definition) is 2. The Balaban J connectivity index is 2.09. The number of nitrogens with one attached hydrogen (secondary N) is 1. The normalized spacial score (nSPS) is 20.6. The van der Waals surface area contributed by atoms with Crippen LogP contribution in [0.3, 0.4) is 0 Å². The number of fused-ring (bicyclic) bond motifs is 1. The largest absolute Gasteiger partial charge is 0.493 e. The Bertz CT molecular complexity index is 419. The van der Waals surface area contributed by atoms with Crippen LogP contribution in [-0.4, -0.2) is 13.2 Å². The van der Waals surface area contributed by atoms with Crippen LogP contribution in [-0.2, 0) is 0 Å². The quantitative estimate of drug-likeness (QED) is 0.877. The van der Waals surface area contributed by atoms with Gasteiger partial charge < -0.3 is 10.1 Å². The lowest BCUT2D eigenvalue weighted by atomic mass is 9.96. The van der Waals surface area contributed by atoms with Crippen LogP contribution in [0.2, 0.25) is 0 Å². The van der Waals surface area contributed by atoms with E-state index in [9.17, 15) is 0 Å². The van der Waals surface area contributed by atoms with Crippen LogP contribution in [0.4, 0.5) is 0 Å². The zero-order valence-corrected chi connectivity index (χ0v) is 13.7. The van der Waals surface area contributed by atoms with Crippen LogP contribution in [0.1, 0.15) is 45.2 Å². The maximum Gasteiger partial charge on any atom is 0.125 e. The van der Waals surface area contributed by atoms with E-state index < -0.39 is 0 Å². The minimum absolute atomic E-state index is 0.423. The van der Waals surface area contributed by atoms with Gasteiger partial charge in [0.1, 0.15) is 5.75 Å². The second-order valence-electron chi connectivity index (χ2n) is 5.85. The number of ether oxygens (including phenoxy) is 1. The molecule has 1 aliphatic rings. The Morgan fingerprint density at radius 2 is 2.16 bits per heavy atom. The van der Waals surface area contributed by atoms with Gasteiger partial charge in [0.15, 0.2) is 0 Å². The van der Waals surface area contributed by atoms with Gasteiger partial charge in [-0.1, -0.05) is 42.8 Å². The molecule has 3 heteroatoms. The van der Waals surface area contributed by atoms with Gasteiger partial charge in [-0.05, 0) is 43.4 Å². The van der Waals surface area contributed by atoms with Crippen molar-refractivity contribution in [2.75, 3.05) is 13.2 Å². The van der Waals surface area contributed by atoms with E-state index in [0.29, 0.717) is 12.0 Å². The maximum absolute atomic E-state index is 5.84. The van der Waals surface area contributed by atoms with Gasteiger partial charge >= 0.3 is 0 Å². The van der Waals surface area contributed by atoms with Gasteiger partial charge in [-0.3, -0.25) is 0 Å². The predicted octanol–water partition coefficient (Wildman–Crippen LogP) is 4.54. The molecule has 0 spiro atoms. The van der Waals surface area contributed by atoms with Crippen molar-refractivity contribution in [3.05, 3.63) is 28.2 Å². The summed E-state index contributed by atoms with van der Waals surface area (Å²) in [6.07, 6.45) is 2.26. The molecular weight excluding hydrogens is 302 g/mol. The van der Waals surface area contributed by atoms with Crippen molar-refractivity contribution in [2.24, 2.45) is 11.8 Å². The summed E-state index contributed by atoms with van der Waals surface area (Å²) in [6.45, 7) is 8.77. The fourth-order valence-electron chi connectivity index (χ4n) is 2.32. The summed E-state index contributed by atoms with van der Waals surface area (Å²) < 4.78 is 6.93. The van der Waals surface area contributed by atoms with Crippen LogP contribution in [0.5, 0.6) is 5.75 Å². The Kier molecular flexibility index (Phi) is 5.28. The highest BCUT2D eigenvalue weighted by Gasteiger charge is 2.20. The molecule has 2 nitrogen and oxygen atoms in total. The van der Waals surface area contributed by atoms with E-state index in [1.165, 1.54) is 5.56 Å². The SMILES string of the molecule is CC(C)C(C)CNC1CCCOc2cc(Br)ccc21. The number of halogens is 1. The van der Waals surface area contributed by atoms with Crippen molar-refractivity contribution in [2.45, 2.75) is 39.7 Å². The summed E-state index contributed by atoms with van der Waals surface area (Å²) >= 11 is 3.52. The van der Waals surface area contributed by atoms with Crippen molar-refractivity contribution in [3.8, 4) is 5.75 Å². The summed E-state index contributed by atoms with van der Waals surface area (Å²) in [5.41, 5.74) is 1.30. The van der Waals surface area contributed by atoms with E-state index in [1.807, 2.05) is 0 Å². The standard InChI is InChI=1S/C16H24BrNO/c1-11(2)12(3)10-18-15-5-4-8-19-16-9-13(17)6-7-14(15)16/h6-7,9,11-12,15,18H,4-5,8,10H2,1-3H3. The fraction of sp³-hybridized carbons (Fsp3) is 0.625. The van der Waals surface area contributed by atoms with E-state index >= 15 is 0 Å². The predicted molar refractivity (Wildman–Crippen MR) is 83.6 cm³/mol. The molecule has 19 heavy (non-hydrogen) atoms. The van der Waals surface area contributed by atoms with E-state index in [-0.39, 0.29) is 0 Å². The van der Waals surface area contributed by atoms with Gasteiger partial charge in [0.25, 0.3) is 0 Å². The third-order valence-corrected chi connectivity index (χ3v) is 4.56. The topological polar surface area (TPSA) is 21.3 Å². The summed E-state index contributed by atoms with van der Waals surface area (Å²) in [4.78, 5) is 0. The summed E-state index contributed by atoms with van der Waals surface area (Å²) in [5, 5.41) is 3.72. The summed E-state index contributed by atoms with van der Waals surface area (Å²) in [6, 6.07) is 6.80. The Hall–Kier alpha value is -0.540. The van der Waals surface area contributed by atoms with Gasteiger partial charge in [-0.15, -0.1) is 0 Å². The minimum atomic E-state index is 0.423. The molecule has 1 aliphatic heterocycles. The molecule has 2 atom stereocenters. The van der Waals surface area contributed by atoms with Crippen molar-refractivity contribution in [1.29, 1.82) is 0 Å². The molecule has 0 bridgehead atoms. The lowest BCUT2D eigenvalue weighted by Crippen LogP contribution is -2.28. The van der Waals surface area contributed by atoms with Crippen LogP contribution in [0, 0.1) is 11.8 Å². The van der Waals surface area contributed by atoms with Crippen LogP contribution >= 0.6 is 15.9 Å². The fourth-order valence-corrected chi connectivity index (χ4v) is 2.66. The zero-order chi connectivity index (χ0) is 13.8. The number of benzene rings is 1. The molecule has 0 aliphatic carbocycles. The highest BCUT2D eigenvalue weighted by Crippen LogP contribution is 2.33. The summed E-state index contributed by atoms with van der Waals surface area (Å²) in [7, 11) is 0. The van der Waals surface area contributed by atoms with E-state index in [0.717, 1.165) is 42.1 Å². The molecule has 106 valence electrons. The molecular formula is C16H24BrNO. The molecule has 0 fully saturated rings. The third-order valence-electron chi connectivity index (χ3n) is 4.07. The molecule has 0 amide bonds. The molecule has 0 aromatic heterocycles. The Morgan fingerprint density at radius 3 is 2.89 bits per heavy atom. The van der Waals surface area contributed by atoms with Crippen molar-refractivity contribution >= 4 is 15.9 Å². The highest BCUT2D eigenvalue weighted by molar-refractivity contribution is 9.10. The van der Waals surface area contributed by atoms with Crippen LogP contribution in [0.25, 0.3) is 0 Å².